The molecule has 1 aromatic carbocycles. The maximum atomic E-state index is 4.87. The summed E-state index contributed by atoms with van der Waals surface area (Å²) in [7, 11) is 0. The zero-order valence-corrected chi connectivity index (χ0v) is 16.2. The predicted octanol–water partition coefficient (Wildman–Crippen LogP) is 3.22. The second-order valence-electron chi connectivity index (χ2n) is 7.46. The zero-order chi connectivity index (χ0) is 18.5. The number of nitrogens with zero attached hydrogens (tertiary/aromatic N) is 5. The van der Waals surface area contributed by atoms with Gasteiger partial charge in [-0.15, -0.1) is 0 Å². The van der Waals surface area contributed by atoms with Crippen molar-refractivity contribution in [1.29, 1.82) is 0 Å². The summed E-state index contributed by atoms with van der Waals surface area (Å²) in [4.78, 5) is 16.8. The van der Waals surface area contributed by atoms with Crippen LogP contribution in [0.2, 0.25) is 0 Å². The minimum absolute atomic E-state index is 0.899. The Morgan fingerprint density at radius 1 is 0.889 bits per heavy atom. The number of aryl methyl sites for hydroxylation is 1. The lowest BCUT2D eigenvalue weighted by Gasteiger charge is -2.34. The molecule has 5 heteroatoms. The molecule has 0 N–H and O–H groups in total. The molecule has 0 bridgehead atoms. The molecular formula is C22H29N5. The van der Waals surface area contributed by atoms with Crippen LogP contribution in [-0.4, -0.2) is 60.7 Å². The molecule has 0 unspecified atom stereocenters. The van der Waals surface area contributed by atoms with E-state index in [9.17, 15) is 0 Å². The molecule has 1 aromatic heterocycles. The van der Waals surface area contributed by atoms with Gasteiger partial charge in [0.05, 0.1) is 0 Å². The number of rotatable bonds is 5. The molecule has 2 saturated heterocycles. The van der Waals surface area contributed by atoms with Gasteiger partial charge in [-0.3, -0.25) is 4.90 Å². The molecule has 0 aliphatic carbocycles. The van der Waals surface area contributed by atoms with E-state index in [1.54, 1.807) is 0 Å². The van der Waals surface area contributed by atoms with Crippen LogP contribution in [-0.2, 0) is 0 Å². The maximum Gasteiger partial charge on any atom is 0.227 e. The molecule has 2 aromatic rings. The van der Waals surface area contributed by atoms with Gasteiger partial charge in [0.25, 0.3) is 0 Å². The summed E-state index contributed by atoms with van der Waals surface area (Å²) in [5, 5.41) is 0. The number of anilines is 2. The molecule has 4 rings (SSSR count). The third kappa shape index (κ3) is 4.66. The first-order chi connectivity index (χ1) is 13.3. The van der Waals surface area contributed by atoms with E-state index >= 15 is 0 Å². The molecule has 27 heavy (non-hydrogen) atoms. The quantitative estimate of drug-likeness (QED) is 0.815. The fourth-order valence-electron chi connectivity index (χ4n) is 3.82. The Kier molecular flexibility index (Phi) is 5.68. The Hall–Kier alpha value is -2.40. The number of hydrogen-bond donors (Lipinski definition) is 0. The molecule has 5 nitrogen and oxygen atoms in total. The normalized spacial score (nSPS) is 18.6. The first-order valence-corrected chi connectivity index (χ1v) is 10.1. The molecule has 3 heterocycles. The zero-order valence-electron chi connectivity index (χ0n) is 16.2. The van der Waals surface area contributed by atoms with Crippen molar-refractivity contribution in [2.75, 3.05) is 55.6 Å². The molecule has 0 radical (unpaired) electrons. The SMILES string of the molecule is Cc1cc(N2CCCC2)nc(N2CCN(C/C=C/c3ccccc3)CC2)n1. The van der Waals surface area contributed by atoms with E-state index in [1.165, 1.54) is 18.4 Å². The molecule has 2 fully saturated rings. The molecule has 2 aliphatic heterocycles. The highest BCUT2D eigenvalue weighted by atomic mass is 15.3. The van der Waals surface area contributed by atoms with E-state index in [2.05, 4.69) is 70.2 Å². The molecule has 142 valence electrons. The number of hydrogen-bond acceptors (Lipinski definition) is 5. The molecule has 0 atom stereocenters. The summed E-state index contributed by atoms with van der Waals surface area (Å²) in [5.41, 5.74) is 2.33. The van der Waals surface area contributed by atoms with E-state index in [4.69, 9.17) is 9.97 Å². The highest BCUT2D eigenvalue weighted by Crippen LogP contribution is 2.22. The van der Waals surface area contributed by atoms with Crippen LogP contribution < -0.4 is 9.80 Å². The highest BCUT2D eigenvalue weighted by molar-refractivity contribution is 5.49. The summed E-state index contributed by atoms with van der Waals surface area (Å²) in [6.45, 7) is 9.40. The lowest BCUT2D eigenvalue weighted by Crippen LogP contribution is -2.47. The van der Waals surface area contributed by atoms with Gasteiger partial charge in [-0.2, -0.15) is 4.98 Å². The number of benzene rings is 1. The van der Waals surface area contributed by atoms with Gasteiger partial charge in [-0.1, -0.05) is 42.5 Å². The molecule has 2 aliphatic rings. The van der Waals surface area contributed by atoms with Gasteiger partial charge in [0.15, 0.2) is 0 Å². The first kappa shape index (κ1) is 18.0. The Bertz CT molecular complexity index is 760. The summed E-state index contributed by atoms with van der Waals surface area (Å²) >= 11 is 0. The highest BCUT2D eigenvalue weighted by Gasteiger charge is 2.21. The molecule has 0 amide bonds. The fraction of sp³-hybridized carbons (Fsp3) is 0.455. The van der Waals surface area contributed by atoms with Gasteiger partial charge in [-0.25, -0.2) is 4.98 Å². The van der Waals surface area contributed by atoms with Crippen LogP contribution in [0.3, 0.4) is 0 Å². The van der Waals surface area contributed by atoms with Crippen LogP contribution in [0.15, 0.2) is 42.5 Å². The molecule has 0 saturated carbocycles. The van der Waals surface area contributed by atoms with Crippen molar-refractivity contribution >= 4 is 17.8 Å². The summed E-state index contributed by atoms with van der Waals surface area (Å²) < 4.78 is 0. The van der Waals surface area contributed by atoms with Crippen LogP contribution >= 0.6 is 0 Å². The number of piperazine rings is 1. The topological polar surface area (TPSA) is 35.5 Å². The number of aromatic nitrogens is 2. The third-order valence-corrected chi connectivity index (χ3v) is 5.39. The van der Waals surface area contributed by atoms with E-state index < -0.39 is 0 Å². The van der Waals surface area contributed by atoms with Gasteiger partial charge in [0, 0.05) is 57.6 Å². The second kappa shape index (κ2) is 8.53. The van der Waals surface area contributed by atoms with Crippen molar-refractivity contribution in [2.24, 2.45) is 0 Å². The average Bonchev–Trinajstić information content (AvgIpc) is 3.24. The van der Waals surface area contributed by atoms with Crippen molar-refractivity contribution < 1.29 is 0 Å². The van der Waals surface area contributed by atoms with Crippen LogP contribution in [0.5, 0.6) is 0 Å². The smallest absolute Gasteiger partial charge is 0.227 e. The Balaban J connectivity index is 1.33. The first-order valence-electron chi connectivity index (χ1n) is 10.1. The minimum atomic E-state index is 0.899. The monoisotopic (exact) mass is 363 g/mol. The predicted molar refractivity (Wildman–Crippen MR) is 112 cm³/mol. The van der Waals surface area contributed by atoms with Crippen LogP contribution in [0, 0.1) is 6.92 Å². The van der Waals surface area contributed by atoms with Gasteiger partial charge in [-0.05, 0) is 25.3 Å². The summed E-state index contributed by atoms with van der Waals surface area (Å²) in [6, 6.07) is 12.6. The Morgan fingerprint density at radius 3 is 2.37 bits per heavy atom. The van der Waals surface area contributed by atoms with Crippen LogP contribution in [0.1, 0.15) is 24.1 Å². The third-order valence-electron chi connectivity index (χ3n) is 5.39. The van der Waals surface area contributed by atoms with Crippen molar-refractivity contribution in [3.8, 4) is 0 Å². The summed E-state index contributed by atoms with van der Waals surface area (Å²) in [6.07, 6.45) is 7.01. The van der Waals surface area contributed by atoms with E-state index in [-0.39, 0.29) is 0 Å². The lowest BCUT2D eigenvalue weighted by atomic mass is 10.2. The summed E-state index contributed by atoms with van der Waals surface area (Å²) in [5.74, 6) is 2.00. The van der Waals surface area contributed by atoms with E-state index in [1.807, 2.05) is 0 Å². The molecule has 0 spiro atoms. The fourth-order valence-corrected chi connectivity index (χ4v) is 3.82. The van der Waals surface area contributed by atoms with Gasteiger partial charge < -0.3 is 9.80 Å². The van der Waals surface area contributed by atoms with Crippen molar-refractivity contribution in [2.45, 2.75) is 19.8 Å². The van der Waals surface area contributed by atoms with E-state index in [0.717, 1.165) is 63.3 Å². The van der Waals surface area contributed by atoms with Crippen molar-refractivity contribution in [3.63, 3.8) is 0 Å². The Morgan fingerprint density at radius 2 is 1.63 bits per heavy atom. The van der Waals surface area contributed by atoms with Gasteiger partial charge in [0.2, 0.25) is 5.95 Å². The van der Waals surface area contributed by atoms with E-state index in [0.29, 0.717) is 0 Å². The Labute approximate surface area is 162 Å². The molecular weight excluding hydrogens is 334 g/mol. The van der Waals surface area contributed by atoms with Crippen molar-refractivity contribution in [3.05, 3.63) is 53.7 Å². The minimum Gasteiger partial charge on any atom is -0.356 e. The van der Waals surface area contributed by atoms with Crippen LogP contribution in [0.25, 0.3) is 6.08 Å². The average molecular weight is 364 g/mol. The second-order valence-corrected chi connectivity index (χ2v) is 7.46. The van der Waals surface area contributed by atoms with Crippen LogP contribution in [0.4, 0.5) is 11.8 Å². The van der Waals surface area contributed by atoms with Gasteiger partial charge in [0.1, 0.15) is 5.82 Å². The maximum absolute atomic E-state index is 4.87. The largest absolute Gasteiger partial charge is 0.356 e. The lowest BCUT2D eigenvalue weighted by molar-refractivity contribution is 0.283. The van der Waals surface area contributed by atoms with Gasteiger partial charge >= 0.3 is 0 Å². The standard InChI is InChI=1S/C22H29N5/c1-19-18-21(26-12-5-6-13-26)24-22(23-19)27-16-14-25(15-17-27)11-7-10-20-8-3-2-4-9-20/h2-4,7-10,18H,5-6,11-17H2,1H3/b10-7+. The van der Waals surface area contributed by atoms with Crippen molar-refractivity contribution in [1.82, 2.24) is 14.9 Å².